The van der Waals surface area contributed by atoms with Crippen molar-refractivity contribution in [3.63, 3.8) is 0 Å². The maximum atomic E-state index is 14.4. The molecular weight excluding hydrogens is 379 g/mol. The molecule has 1 amide bonds. The van der Waals surface area contributed by atoms with E-state index in [2.05, 4.69) is 18.0 Å². The van der Waals surface area contributed by atoms with Crippen LogP contribution in [0.4, 0.5) is 4.39 Å². The van der Waals surface area contributed by atoms with Gasteiger partial charge in [-0.1, -0.05) is 44.4 Å². The van der Waals surface area contributed by atoms with Crippen LogP contribution in [-0.4, -0.2) is 21.8 Å². The van der Waals surface area contributed by atoms with Gasteiger partial charge in [-0.05, 0) is 60.5 Å². The maximum Gasteiger partial charge on any atom is 0.257 e. The van der Waals surface area contributed by atoms with Crippen molar-refractivity contribution in [1.82, 2.24) is 9.88 Å². The molecular formula is C25H27FN2O2. The molecule has 4 nitrogen and oxygen atoms in total. The fourth-order valence-electron chi connectivity index (χ4n) is 4.37. The number of amides is 1. The summed E-state index contributed by atoms with van der Waals surface area (Å²) in [7, 11) is 0. The summed E-state index contributed by atoms with van der Waals surface area (Å²) in [4.78, 5) is 30.7. The van der Waals surface area contributed by atoms with Gasteiger partial charge in [0.25, 0.3) is 11.5 Å². The Kier molecular flexibility index (Phi) is 5.98. The molecule has 0 atom stereocenters. The molecule has 0 saturated heterocycles. The van der Waals surface area contributed by atoms with Gasteiger partial charge in [0.1, 0.15) is 5.82 Å². The van der Waals surface area contributed by atoms with Crippen LogP contribution in [0.5, 0.6) is 0 Å². The van der Waals surface area contributed by atoms with Crippen molar-refractivity contribution in [3.8, 4) is 0 Å². The number of aromatic nitrogens is 1. The van der Waals surface area contributed by atoms with Crippen LogP contribution in [0.3, 0.4) is 0 Å². The first kappa shape index (κ1) is 20.3. The second-order valence-electron chi connectivity index (χ2n) is 8.10. The molecule has 2 aromatic carbocycles. The van der Waals surface area contributed by atoms with Gasteiger partial charge in [-0.3, -0.25) is 9.59 Å². The zero-order chi connectivity index (χ0) is 21.1. The predicted molar refractivity (Wildman–Crippen MR) is 117 cm³/mol. The van der Waals surface area contributed by atoms with E-state index >= 15 is 0 Å². The number of fused-ring (bicyclic) bond motifs is 1. The zero-order valence-electron chi connectivity index (χ0n) is 17.3. The van der Waals surface area contributed by atoms with Crippen LogP contribution < -0.4 is 5.56 Å². The number of nitrogens with one attached hydrogen (secondary N) is 1. The van der Waals surface area contributed by atoms with Crippen molar-refractivity contribution in [1.29, 1.82) is 0 Å². The Balaban J connectivity index is 1.72. The molecule has 1 aromatic heterocycles. The molecule has 4 rings (SSSR count). The number of rotatable bonds is 5. The minimum absolute atomic E-state index is 0.0166. The fraction of sp³-hybridized carbons (Fsp3) is 0.360. The van der Waals surface area contributed by atoms with Crippen LogP contribution in [0.25, 0.3) is 10.9 Å². The number of hydrogen-bond donors (Lipinski definition) is 1. The number of carbonyl (C=O) groups excluding carboxylic acids is 1. The molecule has 5 heteroatoms. The zero-order valence-corrected chi connectivity index (χ0v) is 17.3. The van der Waals surface area contributed by atoms with Gasteiger partial charge in [0, 0.05) is 17.1 Å². The smallest absolute Gasteiger partial charge is 0.257 e. The largest absolute Gasteiger partial charge is 0.331 e. The number of carbonyl (C=O) groups is 1. The third-order valence-electron chi connectivity index (χ3n) is 6.12. The van der Waals surface area contributed by atoms with Gasteiger partial charge >= 0.3 is 0 Å². The van der Waals surface area contributed by atoms with Gasteiger partial charge < -0.3 is 9.88 Å². The lowest BCUT2D eigenvalue weighted by atomic mass is 9.93. The minimum atomic E-state index is -0.525. The van der Waals surface area contributed by atoms with Gasteiger partial charge in [0.2, 0.25) is 0 Å². The predicted octanol–water partition coefficient (Wildman–Crippen LogP) is 5.20. The Morgan fingerprint density at radius 1 is 1.10 bits per heavy atom. The summed E-state index contributed by atoms with van der Waals surface area (Å²) in [5, 5.41) is 0.950. The van der Waals surface area contributed by atoms with E-state index in [4.69, 9.17) is 0 Å². The number of H-pyrrole nitrogens is 1. The van der Waals surface area contributed by atoms with E-state index in [1.165, 1.54) is 17.7 Å². The number of nitrogens with zero attached hydrogens (tertiary/aromatic N) is 1. The molecule has 1 heterocycles. The molecule has 0 unspecified atom stereocenters. The first-order valence-corrected chi connectivity index (χ1v) is 10.8. The molecule has 1 saturated carbocycles. The summed E-state index contributed by atoms with van der Waals surface area (Å²) < 4.78 is 14.4. The second-order valence-corrected chi connectivity index (χ2v) is 8.10. The van der Waals surface area contributed by atoms with E-state index < -0.39 is 5.82 Å². The average Bonchev–Trinajstić information content (AvgIpc) is 2.78. The first-order valence-electron chi connectivity index (χ1n) is 10.8. The third-order valence-corrected chi connectivity index (χ3v) is 6.12. The Morgan fingerprint density at radius 2 is 1.87 bits per heavy atom. The number of aromatic amines is 1. The Morgan fingerprint density at radius 3 is 2.60 bits per heavy atom. The second kappa shape index (κ2) is 8.82. The highest BCUT2D eigenvalue weighted by Gasteiger charge is 2.28. The van der Waals surface area contributed by atoms with Crippen molar-refractivity contribution in [2.45, 2.75) is 58.0 Å². The molecule has 30 heavy (non-hydrogen) atoms. The SMILES string of the molecule is CCc1ccc2[nH]c(=O)c(CN(C(=O)c3ccccc3F)C3CCCCC3)cc2c1. The van der Waals surface area contributed by atoms with Crippen molar-refractivity contribution < 1.29 is 9.18 Å². The molecule has 1 aliphatic carbocycles. The fourth-order valence-corrected chi connectivity index (χ4v) is 4.37. The van der Waals surface area contributed by atoms with Gasteiger partial charge in [0.15, 0.2) is 0 Å². The monoisotopic (exact) mass is 406 g/mol. The standard InChI is InChI=1S/C25H27FN2O2/c1-2-17-12-13-23-18(14-17)15-19(24(29)27-23)16-28(20-8-4-3-5-9-20)25(30)21-10-6-7-11-22(21)26/h6-7,10-15,20H,2-5,8-9,16H2,1H3,(H,27,29). The molecule has 0 aliphatic heterocycles. The van der Waals surface area contributed by atoms with Crippen LogP contribution in [-0.2, 0) is 13.0 Å². The number of pyridine rings is 1. The highest BCUT2D eigenvalue weighted by Crippen LogP contribution is 2.26. The van der Waals surface area contributed by atoms with Crippen molar-refractivity contribution in [2.75, 3.05) is 0 Å². The summed E-state index contributed by atoms with van der Waals surface area (Å²) >= 11 is 0. The summed E-state index contributed by atoms with van der Waals surface area (Å²) in [6.07, 6.45) is 5.90. The van der Waals surface area contributed by atoms with Crippen LogP contribution in [0.1, 0.15) is 60.5 Å². The van der Waals surface area contributed by atoms with E-state index in [0.717, 1.165) is 49.4 Å². The molecule has 0 radical (unpaired) electrons. The number of hydrogen-bond acceptors (Lipinski definition) is 2. The van der Waals surface area contributed by atoms with Crippen LogP contribution in [0.2, 0.25) is 0 Å². The number of benzene rings is 2. The van der Waals surface area contributed by atoms with Crippen LogP contribution in [0.15, 0.2) is 53.3 Å². The minimum Gasteiger partial charge on any atom is -0.331 e. The normalized spacial score (nSPS) is 14.7. The number of aryl methyl sites for hydroxylation is 1. The number of halogens is 1. The van der Waals surface area contributed by atoms with E-state index in [1.54, 1.807) is 17.0 Å². The summed E-state index contributed by atoms with van der Waals surface area (Å²) in [6.45, 7) is 2.27. The molecule has 156 valence electrons. The topological polar surface area (TPSA) is 53.2 Å². The molecule has 1 aliphatic rings. The van der Waals surface area contributed by atoms with Gasteiger partial charge in [-0.2, -0.15) is 0 Å². The van der Waals surface area contributed by atoms with Crippen molar-refractivity contribution in [3.05, 3.63) is 81.4 Å². The van der Waals surface area contributed by atoms with Crippen molar-refractivity contribution >= 4 is 16.8 Å². The van der Waals surface area contributed by atoms with E-state index in [0.29, 0.717) is 5.56 Å². The Hall–Kier alpha value is -2.95. The first-order chi connectivity index (χ1) is 14.6. The van der Waals surface area contributed by atoms with E-state index in [9.17, 15) is 14.0 Å². The molecule has 0 spiro atoms. The summed E-state index contributed by atoms with van der Waals surface area (Å²) in [5.74, 6) is -0.870. The lowest BCUT2D eigenvalue weighted by Gasteiger charge is -2.34. The highest BCUT2D eigenvalue weighted by molar-refractivity contribution is 5.94. The molecule has 3 aromatic rings. The van der Waals surface area contributed by atoms with Crippen LogP contribution >= 0.6 is 0 Å². The summed E-state index contributed by atoms with van der Waals surface area (Å²) in [5.41, 5.74) is 2.37. The average molecular weight is 407 g/mol. The lowest BCUT2D eigenvalue weighted by Crippen LogP contribution is -2.42. The maximum absolute atomic E-state index is 14.4. The van der Waals surface area contributed by atoms with Gasteiger partial charge in [0.05, 0.1) is 12.1 Å². The molecule has 1 N–H and O–H groups in total. The summed E-state index contributed by atoms with van der Waals surface area (Å²) in [6, 6.07) is 14.0. The molecule has 1 fully saturated rings. The van der Waals surface area contributed by atoms with E-state index in [1.807, 2.05) is 18.2 Å². The highest BCUT2D eigenvalue weighted by atomic mass is 19.1. The third kappa shape index (κ3) is 4.16. The molecule has 0 bridgehead atoms. The van der Waals surface area contributed by atoms with E-state index in [-0.39, 0.29) is 29.6 Å². The van der Waals surface area contributed by atoms with Crippen molar-refractivity contribution in [2.24, 2.45) is 0 Å². The lowest BCUT2D eigenvalue weighted by molar-refractivity contribution is 0.0608. The Bertz CT molecular complexity index is 1120. The van der Waals surface area contributed by atoms with Crippen LogP contribution in [0, 0.1) is 5.82 Å². The van der Waals surface area contributed by atoms with Gasteiger partial charge in [-0.15, -0.1) is 0 Å². The Labute approximate surface area is 175 Å². The quantitative estimate of drug-likeness (QED) is 0.633. The van der Waals surface area contributed by atoms with Gasteiger partial charge in [-0.25, -0.2) is 4.39 Å².